The van der Waals surface area contributed by atoms with Gasteiger partial charge in [0, 0.05) is 13.1 Å². The fraction of sp³-hybridized carbons (Fsp3) is 1.00. The van der Waals surface area contributed by atoms with Crippen LogP contribution < -0.4 is 10.0 Å². The van der Waals surface area contributed by atoms with Gasteiger partial charge in [0.2, 0.25) is 10.0 Å². The Balaban J connectivity index is 1.67. The van der Waals surface area contributed by atoms with Gasteiger partial charge in [0.1, 0.15) is 0 Å². The molecule has 0 spiro atoms. The zero-order chi connectivity index (χ0) is 14.4. The Hall–Kier alpha value is -0.170. The lowest BCUT2D eigenvalue weighted by Crippen LogP contribution is -2.40. The number of nitrogens with one attached hydrogen (secondary N) is 2. The van der Waals surface area contributed by atoms with Gasteiger partial charge in [0.05, 0.1) is 5.75 Å². The van der Waals surface area contributed by atoms with Crippen molar-refractivity contribution in [2.45, 2.75) is 32.1 Å². The van der Waals surface area contributed by atoms with E-state index in [9.17, 15) is 8.42 Å². The largest absolute Gasteiger partial charge is 0.317 e. The zero-order valence-electron chi connectivity index (χ0n) is 12.6. The highest BCUT2D eigenvalue weighted by Gasteiger charge is 2.21. The molecule has 2 heterocycles. The van der Waals surface area contributed by atoms with Gasteiger partial charge in [-0.25, -0.2) is 13.1 Å². The van der Waals surface area contributed by atoms with Crippen molar-refractivity contribution in [2.24, 2.45) is 11.8 Å². The summed E-state index contributed by atoms with van der Waals surface area (Å²) in [6.07, 6.45) is 5.35. The summed E-state index contributed by atoms with van der Waals surface area (Å²) in [5.74, 6) is 1.34. The Morgan fingerprint density at radius 1 is 1.20 bits per heavy atom. The van der Waals surface area contributed by atoms with Crippen LogP contribution in [0.25, 0.3) is 0 Å². The molecule has 0 aromatic rings. The van der Waals surface area contributed by atoms with Crippen molar-refractivity contribution in [3.05, 3.63) is 0 Å². The predicted molar refractivity (Wildman–Crippen MR) is 82.2 cm³/mol. The maximum Gasteiger partial charge on any atom is 0.211 e. The lowest BCUT2D eigenvalue weighted by atomic mass is 9.96. The van der Waals surface area contributed by atoms with Gasteiger partial charge >= 0.3 is 0 Å². The molecule has 2 saturated heterocycles. The first-order valence-electron chi connectivity index (χ1n) is 7.92. The van der Waals surface area contributed by atoms with Crippen molar-refractivity contribution >= 4 is 10.0 Å². The summed E-state index contributed by atoms with van der Waals surface area (Å²) >= 11 is 0. The van der Waals surface area contributed by atoms with Crippen LogP contribution in [-0.2, 0) is 10.0 Å². The fourth-order valence-electron chi connectivity index (χ4n) is 3.25. The number of nitrogens with zero attached hydrogens (tertiary/aromatic N) is 1. The number of piperidine rings is 2. The molecule has 20 heavy (non-hydrogen) atoms. The Morgan fingerprint density at radius 2 is 1.95 bits per heavy atom. The SMILES string of the molecule is CN1CCCC(CNS(=O)(=O)CCC2CCNCC2)C1. The quantitative estimate of drug-likeness (QED) is 0.756. The maximum absolute atomic E-state index is 12.1. The molecule has 0 radical (unpaired) electrons. The summed E-state index contributed by atoms with van der Waals surface area (Å²) in [6, 6.07) is 0. The molecule has 2 rings (SSSR count). The van der Waals surface area contributed by atoms with E-state index in [0.29, 0.717) is 24.1 Å². The first-order chi connectivity index (χ1) is 9.55. The van der Waals surface area contributed by atoms with Gasteiger partial charge in [-0.05, 0) is 70.6 Å². The molecular weight excluding hydrogens is 274 g/mol. The van der Waals surface area contributed by atoms with Crippen LogP contribution in [-0.4, -0.2) is 58.8 Å². The maximum atomic E-state index is 12.1. The highest BCUT2D eigenvalue weighted by Crippen LogP contribution is 2.17. The molecule has 0 saturated carbocycles. The summed E-state index contributed by atoms with van der Waals surface area (Å²) in [4.78, 5) is 2.29. The summed E-state index contributed by atoms with van der Waals surface area (Å²) in [7, 11) is -0.978. The number of rotatable bonds is 6. The highest BCUT2D eigenvalue weighted by molar-refractivity contribution is 7.89. The van der Waals surface area contributed by atoms with Crippen LogP contribution in [0.4, 0.5) is 0 Å². The van der Waals surface area contributed by atoms with Gasteiger partial charge in [0.15, 0.2) is 0 Å². The van der Waals surface area contributed by atoms with E-state index in [2.05, 4.69) is 22.0 Å². The van der Waals surface area contributed by atoms with Crippen molar-refractivity contribution in [3.63, 3.8) is 0 Å². The lowest BCUT2D eigenvalue weighted by molar-refractivity contribution is 0.211. The molecule has 6 heteroatoms. The third-order valence-corrected chi connectivity index (χ3v) is 5.95. The second-order valence-corrected chi connectivity index (χ2v) is 8.35. The van der Waals surface area contributed by atoms with Crippen LogP contribution in [0.2, 0.25) is 0 Å². The normalized spacial score (nSPS) is 26.8. The van der Waals surface area contributed by atoms with Crippen LogP contribution in [0.1, 0.15) is 32.1 Å². The van der Waals surface area contributed by atoms with E-state index < -0.39 is 10.0 Å². The Kier molecular flexibility index (Phi) is 6.26. The van der Waals surface area contributed by atoms with Gasteiger partial charge < -0.3 is 10.2 Å². The minimum absolute atomic E-state index is 0.292. The molecule has 5 nitrogen and oxygen atoms in total. The minimum atomic E-state index is -3.09. The molecule has 0 aromatic heterocycles. The number of hydrogen-bond donors (Lipinski definition) is 2. The van der Waals surface area contributed by atoms with E-state index in [4.69, 9.17) is 0 Å². The topological polar surface area (TPSA) is 61.4 Å². The van der Waals surface area contributed by atoms with E-state index in [0.717, 1.165) is 51.9 Å². The molecule has 118 valence electrons. The van der Waals surface area contributed by atoms with Crippen LogP contribution in [0.5, 0.6) is 0 Å². The summed E-state index contributed by atoms with van der Waals surface area (Å²) in [5.41, 5.74) is 0. The smallest absolute Gasteiger partial charge is 0.211 e. The number of hydrogen-bond acceptors (Lipinski definition) is 4. The Bertz CT molecular complexity index is 380. The van der Waals surface area contributed by atoms with E-state index in [1.54, 1.807) is 0 Å². The molecule has 2 N–H and O–H groups in total. The van der Waals surface area contributed by atoms with Gasteiger partial charge in [-0.1, -0.05) is 0 Å². The van der Waals surface area contributed by atoms with Crippen molar-refractivity contribution in [2.75, 3.05) is 45.5 Å². The van der Waals surface area contributed by atoms with E-state index >= 15 is 0 Å². The second-order valence-electron chi connectivity index (χ2n) is 6.42. The van der Waals surface area contributed by atoms with Crippen molar-refractivity contribution < 1.29 is 8.42 Å². The Morgan fingerprint density at radius 3 is 2.65 bits per heavy atom. The highest BCUT2D eigenvalue weighted by atomic mass is 32.2. The molecule has 0 amide bonds. The minimum Gasteiger partial charge on any atom is -0.317 e. The summed E-state index contributed by atoms with van der Waals surface area (Å²) < 4.78 is 26.9. The molecular formula is C14H29N3O2S. The van der Waals surface area contributed by atoms with E-state index in [1.807, 2.05) is 0 Å². The first kappa shape index (κ1) is 16.2. The third kappa shape index (κ3) is 5.68. The summed E-state index contributed by atoms with van der Waals surface area (Å²) in [5, 5.41) is 3.31. The standard InChI is InChI=1S/C14H29N3O2S/c1-17-9-2-3-14(12-17)11-16-20(18,19)10-6-13-4-7-15-8-5-13/h13-16H,2-12H2,1H3. The predicted octanol–water partition coefficient (Wildman–Crippen LogP) is 0.637. The van der Waals surface area contributed by atoms with Crippen LogP contribution >= 0.6 is 0 Å². The molecule has 2 fully saturated rings. The molecule has 0 aromatic carbocycles. The molecule has 1 unspecified atom stereocenters. The van der Waals surface area contributed by atoms with Crippen molar-refractivity contribution in [3.8, 4) is 0 Å². The number of sulfonamides is 1. The average Bonchev–Trinajstić information content (AvgIpc) is 2.45. The summed E-state index contributed by atoms with van der Waals surface area (Å²) in [6.45, 7) is 4.83. The molecule has 2 aliphatic rings. The molecule has 2 aliphatic heterocycles. The molecule has 1 atom stereocenters. The van der Waals surface area contributed by atoms with Crippen LogP contribution in [0.15, 0.2) is 0 Å². The van der Waals surface area contributed by atoms with Crippen LogP contribution in [0, 0.1) is 11.8 Å². The Labute approximate surface area is 123 Å². The monoisotopic (exact) mass is 303 g/mol. The van der Waals surface area contributed by atoms with Gasteiger partial charge in [-0.15, -0.1) is 0 Å². The van der Waals surface area contributed by atoms with E-state index in [-0.39, 0.29) is 0 Å². The zero-order valence-corrected chi connectivity index (χ0v) is 13.4. The number of likely N-dealkylation sites (tertiary alicyclic amines) is 1. The first-order valence-corrected chi connectivity index (χ1v) is 9.57. The van der Waals surface area contributed by atoms with Gasteiger partial charge in [-0.2, -0.15) is 0 Å². The van der Waals surface area contributed by atoms with Gasteiger partial charge in [0.25, 0.3) is 0 Å². The van der Waals surface area contributed by atoms with Gasteiger partial charge in [-0.3, -0.25) is 0 Å². The molecule has 0 bridgehead atoms. The van der Waals surface area contributed by atoms with E-state index in [1.165, 1.54) is 6.42 Å². The van der Waals surface area contributed by atoms with Crippen molar-refractivity contribution in [1.29, 1.82) is 0 Å². The fourth-order valence-corrected chi connectivity index (χ4v) is 4.53. The van der Waals surface area contributed by atoms with Crippen molar-refractivity contribution in [1.82, 2.24) is 14.9 Å². The molecule has 0 aliphatic carbocycles. The third-order valence-electron chi connectivity index (χ3n) is 4.57. The lowest BCUT2D eigenvalue weighted by Gasteiger charge is -2.29. The van der Waals surface area contributed by atoms with Crippen LogP contribution in [0.3, 0.4) is 0 Å². The second kappa shape index (κ2) is 7.73. The average molecular weight is 303 g/mol.